The van der Waals surface area contributed by atoms with E-state index in [1.807, 2.05) is 0 Å². The van der Waals surface area contributed by atoms with Gasteiger partial charge in [0.05, 0.1) is 0 Å². The van der Waals surface area contributed by atoms with E-state index in [9.17, 15) is 13.2 Å². The molecule has 0 amide bonds. The second-order valence-electron chi connectivity index (χ2n) is 4.67. The molecule has 2 rings (SSSR count). The zero-order valence-electron chi connectivity index (χ0n) is 9.96. The topological polar surface area (TPSA) is 35.2 Å². The minimum atomic E-state index is -4.65. The normalized spacial score (nSPS) is 17.7. The van der Waals surface area contributed by atoms with Crippen molar-refractivity contribution in [2.75, 3.05) is 5.73 Å². The van der Waals surface area contributed by atoms with E-state index in [-0.39, 0.29) is 11.7 Å². The molecule has 1 aromatic carbocycles. The molecule has 0 spiro atoms. The fourth-order valence-electron chi connectivity index (χ4n) is 2.52. The monoisotopic (exact) mass is 259 g/mol. The molecule has 0 bridgehead atoms. The van der Waals surface area contributed by atoms with Crippen molar-refractivity contribution < 1.29 is 17.9 Å². The zero-order chi connectivity index (χ0) is 13.2. The van der Waals surface area contributed by atoms with Crippen LogP contribution in [0.5, 0.6) is 5.75 Å². The van der Waals surface area contributed by atoms with Gasteiger partial charge in [0, 0.05) is 5.69 Å². The maximum absolute atomic E-state index is 12.2. The molecule has 0 aliphatic heterocycles. The quantitative estimate of drug-likeness (QED) is 0.807. The molecule has 2 N–H and O–H groups in total. The molecule has 0 saturated heterocycles. The molecule has 1 saturated carbocycles. The van der Waals surface area contributed by atoms with Crippen LogP contribution in [0.15, 0.2) is 18.2 Å². The lowest BCUT2D eigenvalue weighted by Gasteiger charge is -2.24. The average Bonchev–Trinajstić information content (AvgIpc) is 2.31. The predicted octanol–water partition coefficient (Wildman–Crippen LogP) is 4.22. The van der Waals surface area contributed by atoms with E-state index in [2.05, 4.69) is 4.74 Å². The molecule has 100 valence electrons. The fraction of sp³-hybridized carbons (Fsp3) is 0.538. The average molecular weight is 259 g/mol. The number of rotatable bonds is 2. The van der Waals surface area contributed by atoms with Crippen molar-refractivity contribution in [2.45, 2.75) is 44.4 Å². The first kappa shape index (κ1) is 13.1. The molecule has 1 fully saturated rings. The Balaban J connectivity index is 2.20. The summed E-state index contributed by atoms with van der Waals surface area (Å²) in [6, 6.07) is 4.18. The van der Waals surface area contributed by atoms with E-state index < -0.39 is 6.36 Å². The van der Waals surface area contributed by atoms with Gasteiger partial charge >= 0.3 is 6.36 Å². The number of hydrogen-bond donors (Lipinski definition) is 1. The number of alkyl halides is 3. The van der Waals surface area contributed by atoms with Gasteiger partial charge in [0.25, 0.3) is 0 Å². The summed E-state index contributed by atoms with van der Waals surface area (Å²) in [6.45, 7) is 0. The molecule has 1 aromatic rings. The second-order valence-corrected chi connectivity index (χ2v) is 4.67. The highest BCUT2D eigenvalue weighted by molar-refractivity contribution is 5.52. The van der Waals surface area contributed by atoms with Crippen LogP contribution in [-0.2, 0) is 0 Å². The molecule has 0 radical (unpaired) electrons. The van der Waals surface area contributed by atoms with Gasteiger partial charge in [-0.05, 0) is 42.5 Å². The Morgan fingerprint density at radius 1 is 1.11 bits per heavy atom. The minimum absolute atomic E-state index is 0.183. The van der Waals surface area contributed by atoms with Gasteiger partial charge in [-0.3, -0.25) is 0 Å². The Kier molecular flexibility index (Phi) is 3.68. The smallest absolute Gasteiger partial charge is 0.406 e. The summed E-state index contributed by atoms with van der Waals surface area (Å²) in [5.41, 5.74) is 7.19. The van der Waals surface area contributed by atoms with Gasteiger partial charge in [0.15, 0.2) is 0 Å². The number of benzene rings is 1. The SMILES string of the molecule is Nc1ccc(OC(F)(F)F)cc1C1CCCCC1. The first-order chi connectivity index (χ1) is 8.46. The molecule has 0 atom stereocenters. The summed E-state index contributed by atoms with van der Waals surface area (Å²) < 4.78 is 40.4. The Bertz CT molecular complexity index is 411. The molecular formula is C13H16F3NO. The van der Waals surface area contributed by atoms with Gasteiger partial charge in [-0.2, -0.15) is 0 Å². The molecule has 1 aliphatic carbocycles. The lowest BCUT2D eigenvalue weighted by molar-refractivity contribution is -0.274. The van der Waals surface area contributed by atoms with Gasteiger partial charge in [0.1, 0.15) is 5.75 Å². The number of nitrogens with two attached hydrogens (primary N) is 1. The van der Waals surface area contributed by atoms with Crippen LogP contribution in [0.4, 0.5) is 18.9 Å². The molecule has 0 unspecified atom stereocenters. The summed E-state index contributed by atoms with van der Waals surface area (Å²) in [4.78, 5) is 0. The van der Waals surface area contributed by atoms with Crippen molar-refractivity contribution in [2.24, 2.45) is 0 Å². The highest BCUT2D eigenvalue weighted by Gasteiger charge is 2.31. The third-order valence-corrected chi connectivity index (χ3v) is 3.34. The van der Waals surface area contributed by atoms with Gasteiger partial charge in [-0.25, -0.2) is 0 Å². The second kappa shape index (κ2) is 5.08. The Hall–Kier alpha value is -1.39. The number of anilines is 1. The molecule has 1 aliphatic rings. The molecule has 0 aromatic heterocycles. The van der Waals surface area contributed by atoms with Crippen molar-refractivity contribution >= 4 is 5.69 Å². The van der Waals surface area contributed by atoms with Gasteiger partial charge in [-0.15, -0.1) is 13.2 Å². The molecule has 2 nitrogen and oxygen atoms in total. The fourth-order valence-corrected chi connectivity index (χ4v) is 2.52. The summed E-state index contributed by atoms with van der Waals surface area (Å²) in [5.74, 6) is 0.0767. The van der Waals surface area contributed by atoms with Gasteiger partial charge < -0.3 is 10.5 Å². The van der Waals surface area contributed by atoms with Crippen LogP contribution in [0.1, 0.15) is 43.6 Å². The number of ether oxygens (including phenoxy) is 1. The first-order valence-electron chi connectivity index (χ1n) is 6.11. The lowest BCUT2D eigenvalue weighted by atomic mass is 9.83. The van der Waals surface area contributed by atoms with Crippen LogP contribution >= 0.6 is 0 Å². The standard InChI is InChI=1S/C13H16F3NO/c14-13(15,16)18-10-6-7-12(17)11(8-10)9-4-2-1-3-5-9/h6-9H,1-5,17H2. The third kappa shape index (κ3) is 3.31. The molecule has 0 heterocycles. The first-order valence-corrected chi connectivity index (χ1v) is 6.11. The van der Waals surface area contributed by atoms with Crippen molar-refractivity contribution in [3.63, 3.8) is 0 Å². The highest BCUT2D eigenvalue weighted by atomic mass is 19.4. The van der Waals surface area contributed by atoms with Crippen molar-refractivity contribution in [1.82, 2.24) is 0 Å². The number of nitrogen functional groups attached to an aromatic ring is 1. The Morgan fingerprint density at radius 2 is 1.78 bits per heavy atom. The van der Waals surface area contributed by atoms with E-state index in [0.717, 1.165) is 31.2 Å². The van der Waals surface area contributed by atoms with Gasteiger partial charge in [-0.1, -0.05) is 19.3 Å². The Morgan fingerprint density at radius 3 is 2.39 bits per heavy atom. The summed E-state index contributed by atoms with van der Waals surface area (Å²) in [5, 5.41) is 0. The van der Waals surface area contributed by atoms with Crippen LogP contribution in [0, 0.1) is 0 Å². The lowest BCUT2D eigenvalue weighted by Crippen LogP contribution is -2.17. The van der Waals surface area contributed by atoms with E-state index in [4.69, 9.17) is 5.73 Å². The van der Waals surface area contributed by atoms with E-state index in [1.54, 1.807) is 0 Å². The molecule has 18 heavy (non-hydrogen) atoms. The maximum Gasteiger partial charge on any atom is 0.573 e. The highest BCUT2D eigenvalue weighted by Crippen LogP contribution is 2.37. The van der Waals surface area contributed by atoms with Gasteiger partial charge in [0.2, 0.25) is 0 Å². The number of halogens is 3. The van der Waals surface area contributed by atoms with Crippen LogP contribution in [0.25, 0.3) is 0 Å². The Labute approximate surface area is 104 Å². The minimum Gasteiger partial charge on any atom is -0.406 e. The van der Waals surface area contributed by atoms with Crippen molar-refractivity contribution in [1.29, 1.82) is 0 Å². The third-order valence-electron chi connectivity index (χ3n) is 3.34. The summed E-state index contributed by atoms with van der Waals surface area (Å²) in [7, 11) is 0. The van der Waals surface area contributed by atoms with Crippen molar-refractivity contribution in [3.05, 3.63) is 23.8 Å². The predicted molar refractivity (Wildman–Crippen MR) is 63.4 cm³/mol. The van der Waals surface area contributed by atoms with Crippen LogP contribution in [0.2, 0.25) is 0 Å². The van der Waals surface area contributed by atoms with Crippen LogP contribution in [0.3, 0.4) is 0 Å². The van der Waals surface area contributed by atoms with Crippen LogP contribution in [-0.4, -0.2) is 6.36 Å². The summed E-state index contributed by atoms with van der Waals surface area (Å²) >= 11 is 0. The van der Waals surface area contributed by atoms with E-state index in [0.29, 0.717) is 5.69 Å². The summed E-state index contributed by atoms with van der Waals surface area (Å²) in [6.07, 6.45) is 0.720. The van der Waals surface area contributed by atoms with Crippen LogP contribution < -0.4 is 10.5 Å². The maximum atomic E-state index is 12.2. The number of hydrogen-bond acceptors (Lipinski definition) is 2. The largest absolute Gasteiger partial charge is 0.573 e. The van der Waals surface area contributed by atoms with Crippen molar-refractivity contribution in [3.8, 4) is 5.75 Å². The molecular weight excluding hydrogens is 243 g/mol. The van der Waals surface area contributed by atoms with E-state index >= 15 is 0 Å². The van der Waals surface area contributed by atoms with E-state index in [1.165, 1.54) is 24.6 Å². The molecule has 5 heteroatoms. The zero-order valence-corrected chi connectivity index (χ0v) is 9.96.